The smallest absolute Gasteiger partial charge is 0.417 e. The van der Waals surface area contributed by atoms with Gasteiger partial charge in [0.15, 0.2) is 0 Å². The molecule has 1 rings (SSSR count). The average molecular weight is 283 g/mol. The van der Waals surface area contributed by atoms with E-state index >= 15 is 0 Å². The Morgan fingerprint density at radius 2 is 1.70 bits per heavy atom. The Hall–Kier alpha value is -1.39. The standard InChI is InChI=1S/C15H25NO4/c1-9(2)11-8-20-13(19)16(11)12(18)15(6,7)14(4,5)10(3)17/h9,11H,8H2,1-7H3/t11-/m1/s1. The Morgan fingerprint density at radius 1 is 1.20 bits per heavy atom. The van der Waals surface area contributed by atoms with Crippen LogP contribution in [0.2, 0.25) is 0 Å². The van der Waals surface area contributed by atoms with E-state index in [0.29, 0.717) is 0 Å². The summed E-state index contributed by atoms with van der Waals surface area (Å²) in [6, 6.07) is -0.267. The molecule has 1 aliphatic heterocycles. The van der Waals surface area contributed by atoms with Crippen LogP contribution in [0.3, 0.4) is 0 Å². The molecule has 2 amide bonds. The number of cyclic esters (lactones) is 1. The summed E-state index contributed by atoms with van der Waals surface area (Å²) in [6.45, 7) is 12.5. The summed E-state index contributed by atoms with van der Waals surface area (Å²) in [4.78, 5) is 37.7. The lowest BCUT2D eigenvalue weighted by Gasteiger charge is -2.41. The molecule has 0 aliphatic carbocycles. The topological polar surface area (TPSA) is 63.7 Å². The van der Waals surface area contributed by atoms with Crippen LogP contribution in [0.15, 0.2) is 0 Å². The highest BCUT2D eigenvalue weighted by Crippen LogP contribution is 2.42. The second-order valence-electron chi connectivity index (χ2n) is 6.87. The van der Waals surface area contributed by atoms with Crippen molar-refractivity contribution in [3.05, 3.63) is 0 Å². The zero-order valence-corrected chi connectivity index (χ0v) is 13.4. The molecule has 1 fully saturated rings. The quantitative estimate of drug-likeness (QED) is 0.795. The molecular weight excluding hydrogens is 258 g/mol. The minimum Gasteiger partial charge on any atom is -0.447 e. The van der Waals surface area contributed by atoms with Gasteiger partial charge in [0.05, 0.1) is 11.5 Å². The van der Waals surface area contributed by atoms with Crippen molar-refractivity contribution in [2.75, 3.05) is 6.61 Å². The van der Waals surface area contributed by atoms with E-state index in [1.165, 1.54) is 11.8 Å². The molecule has 0 spiro atoms. The minimum atomic E-state index is -0.977. The van der Waals surface area contributed by atoms with E-state index in [1.807, 2.05) is 13.8 Å². The van der Waals surface area contributed by atoms with Crippen LogP contribution in [-0.2, 0) is 14.3 Å². The third kappa shape index (κ3) is 2.45. The first-order chi connectivity index (χ1) is 8.94. The number of carbonyl (C=O) groups excluding carboxylic acids is 3. The van der Waals surface area contributed by atoms with E-state index in [4.69, 9.17) is 4.74 Å². The molecule has 0 aromatic rings. The number of nitrogens with zero attached hydrogens (tertiary/aromatic N) is 1. The first kappa shape index (κ1) is 16.7. The molecule has 0 unspecified atom stereocenters. The van der Waals surface area contributed by atoms with Gasteiger partial charge in [-0.1, -0.05) is 41.5 Å². The fraction of sp³-hybridized carbons (Fsp3) is 0.800. The Kier molecular flexibility index (Phi) is 4.32. The van der Waals surface area contributed by atoms with Gasteiger partial charge in [0.25, 0.3) is 0 Å². The number of amides is 2. The lowest BCUT2D eigenvalue weighted by atomic mass is 9.65. The molecule has 20 heavy (non-hydrogen) atoms. The predicted molar refractivity (Wildman–Crippen MR) is 75.1 cm³/mol. The second kappa shape index (κ2) is 5.19. The molecule has 1 saturated heterocycles. The van der Waals surface area contributed by atoms with Crippen molar-refractivity contribution in [2.45, 2.75) is 54.5 Å². The van der Waals surface area contributed by atoms with E-state index in [2.05, 4.69) is 0 Å². The van der Waals surface area contributed by atoms with Crippen LogP contribution in [0.5, 0.6) is 0 Å². The van der Waals surface area contributed by atoms with Crippen LogP contribution < -0.4 is 0 Å². The fourth-order valence-corrected chi connectivity index (χ4v) is 2.17. The zero-order chi connectivity index (χ0) is 15.9. The first-order valence-electron chi connectivity index (χ1n) is 6.96. The summed E-state index contributed by atoms with van der Waals surface area (Å²) in [7, 11) is 0. The first-order valence-corrected chi connectivity index (χ1v) is 6.96. The van der Waals surface area contributed by atoms with Gasteiger partial charge in [-0.15, -0.1) is 0 Å². The maximum atomic E-state index is 12.8. The lowest BCUT2D eigenvalue weighted by Crippen LogP contribution is -2.54. The van der Waals surface area contributed by atoms with E-state index < -0.39 is 16.9 Å². The van der Waals surface area contributed by atoms with Gasteiger partial charge < -0.3 is 4.74 Å². The summed E-state index contributed by atoms with van der Waals surface area (Å²) >= 11 is 0. The van der Waals surface area contributed by atoms with E-state index in [1.54, 1.807) is 27.7 Å². The highest BCUT2D eigenvalue weighted by molar-refractivity contribution is 6.00. The van der Waals surface area contributed by atoms with Gasteiger partial charge in [0, 0.05) is 5.41 Å². The minimum absolute atomic E-state index is 0.0792. The fourth-order valence-electron chi connectivity index (χ4n) is 2.17. The van der Waals surface area contributed by atoms with Crippen LogP contribution >= 0.6 is 0 Å². The van der Waals surface area contributed by atoms with Gasteiger partial charge in [0.1, 0.15) is 12.4 Å². The highest BCUT2D eigenvalue weighted by atomic mass is 16.6. The Balaban J connectivity index is 3.15. The normalized spacial score (nSPS) is 20.3. The van der Waals surface area contributed by atoms with Crippen molar-refractivity contribution in [2.24, 2.45) is 16.7 Å². The van der Waals surface area contributed by atoms with Gasteiger partial charge in [-0.05, 0) is 12.8 Å². The van der Waals surface area contributed by atoms with Gasteiger partial charge >= 0.3 is 6.09 Å². The van der Waals surface area contributed by atoms with E-state index in [0.717, 1.165) is 0 Å². The molecule has 0 aromatic carbocycles. The molecule has 0 radical (unpaired) electrons. The molecule has 0 bridgehead atoms. The van der Waals surface area contributed by atoms with Gasteiger partial charge in [-0.2, -0.15) is 0 Å². The van der Waals surface area contributed by atoms with Crippen molar-refractivity contribution in [3.63, 3.8) is 0 Å². The molecule has 5 nitrogen and oxygen atoms in total. The third-order valence-electron chi connectivity index (χ3n) is 4.87. The van der Waals surface area contributed by atoms with Gasteiger partial charge in [0.2, 0.25) is 5.91 Å². The second-order valence-corrected chi connectivity index (χ2v) is 6.87. The Bertz CT molecular complexity index is 437. The van der Waals surface area contributed by atoms with Crippen LogP contribution in [0.25, 0.3) is 0 Å². The summed E-state index contributed by atoms with van der Waals surface area (Å²) < 4.78 is 5.01. The van der Waals surface area contributed by atoms with Crippen molar-refractivity contribution in [1.29, 1.82) is 0 Å². The van der Waals surface area contributed by atoms with Crippen molar-refractivity contribution in [3.8, 4) is 0 Å². The third-order valence-corrected chi connectivity index (χ3v) is 4.87. The van der Waals surface area contributed by atoms with E-state index in [9.17, 15) is 14.4 Å². The zero-order valence-electron chi connectivity index (χ0n) is 13.4. The van der Waals surface area contributed by atoms with Gasteiger partial charge in [-0.25, -0.2) is 9.69 Å². The maximum absolute atomic E-state index is 12.8. The molecule has 1 heterocycles. The van der Waals surface area contributed by atoms with Crippen LogP contribution in [0, 0.1) is 16.7 Å². The molecule has 0 saturated carbocycles. The number of imide groups is 1. The van der Waals surface area contributed by atoms with Crippen LogP contribution in [0.1, 0.15) is 48.5 Å². The average Bonchev–Trinajstić information content (AvgIpc) is 2.69. The summed E-state index contributed by atoms with van der Waals surface area (Å²) in [5.74, 6) is -0.315. The summed E-state index contributed by atoms with van der Waals surface area (Å²) in [5.41, 5.74) is -1.83. The van der Waals surface area contributed by atoms with Crippen molar-refractivity contribution >= 4 is 17.8 Å². The highest BCUT2D eigenvalue weighted by Gasteiger charge is 2.52. The Labute approximate surface area is 120 Å². The number of hydrogen-bond donors (Lipinski definition) is 0. The monoisotopic (exact) mass is 283 g/mol. The number of rotatable bonds is 4. The molecule has 114 valence electrons. The molecule has 0 aromatic heterocycles. The predicted octanol–water partition coefficient (Wildman–Crippen LogP) is 2.63. The molecule has 1 aliphatic rings. The molecule has 5 heteroatoms. The lowest BCUT2D eigenvalue weighted by molar-refractivity contribution is -0.151. The van der Waals surface area contributed by atoms with Crippen molar-refractivity contribution in [1.82, 2.24) is 4.90 Å². The molecule has 1 atom stereocenters. The summed E-state index contributed by atoms with van der Waals surface area (Å²) in [5, 5.41) is 0. The number of hydrogen-bond acceptors (Lipinski definition) is 4. The van der Waals surface area contributed by atoms with Crippen LogP contribution in [-0.4, -0.2) is 35.3 Å². The number of Topliss-reactive ketones (excluding diaryl/α,β-unsaturated/α-hetero) is 1. The Morgan fingerprint density at radius 3 is 2.10 bits per heavy atom. The van der Waals surface area contributed by atoms with Crippen LogP contribution in [0.4, 0.5) is 4.79 Å². The van der Waals surface area contributed by atoms with E-state index in [-0.39, 0.29) is 30.3 Å². The number of ether oxygens (including phenoxy) is 1. The number of carbonyl (C=O) groups is 3. The SMILES string of the molecule is CC(=O)C(C)(C)C(C)(C)C(=O)N1C(=O)OC[C@@H]1C(C)C. The molecule has 0 N–H and O–H groups in total. The van der Waals surface area contributed by atoms with Crippen molar-refractivity contribution < 1.29 is 19.1 Å². The number of ketones is 1. The van der Waals surface area contributed by atoms with Gasteiger partial charge in [-0.3, -0.25) is 9.59 Å². The molecular formula is C15H25NO4. The summed E-state index contributed by atoms with van der Waals surface area (Å²) in [6.07, 6.45) is -0.610. The maximum Gasteiger partial charge on any atom is 0.417 e. The largest absolute Gasteiger partial charge is 0.447 e.